The highest BCUT2D eigenvalue weighted by Crippen LogP contribution is 2.01. The minimum Gasteiger partial charge on any atom is -0.247 e. The highest BCUT2D eigenvalue weighted by Gasteiger charge is 2.08. The number of halogens is 1. The molecule has 0 saturated heterocycles. The molecule has 6 heteroatoms. The van der Waals surface area contributed by atoms with Crippen LogP contribution >= 0.6 is 11.9 Å². The summed E-state index contributed by atoms with van der Waals surface area (Å²) in [5.74, 6) is 0. The standard InChI is InChI=1S/C5H11ClO4S/c1-2-3-4-5-9-11(7,8)10-6/h2-5H2,1H3. The molecule has 0 aliphatic heterocycles. The summed E-state index contributed by atoms with van der Waals surface area (Å²) < 4.78 is 28.6. The molecule has 0 spiro atoms. The second-order valence-corrected chi connectivity index (χ2v) is 3.56. The predicted octanol–water partition coefficient (Wildman–Crippen LogP) is 1.61. The van der Waals surface area contributed by atoms with Crippen molar-refractivity contribution >= 4 is 22.3 Å². The van der Waals surface area contributed by atoms with Crippen LogP contribution in [0, 0.1) is 0 Å². The van der Waals surface area contributed by atoms with Crippen LogP contribution in [0.4, 0.5) is 0 Å². The smallest absolute Gasteiger partial charge is 0.247 e. The van der Waals surface area contributed by atoms with E-state index in [4.69, 9.17) is 0 Å². The van der Waals surface area contributed by atoms with Crippen LogP contribution in [0.1, 0.15) is 26.2 Å². The fourth-order valence-electron chi connectivity index (χ4n) is 0.531. The zero-order chi connectivity index (χ0) is 8.74. The van der Waals surface area contributed by atoms with E-state index in [0.717, 1.165) is 12.8 Å². The summed E-state index contributed by atoms with van der Waals surface area (Å²) >= 11 is 4.59. The zero-order valence-corrected chi connectivity index (χ0v) is 7.82. The van der Waals surface area contributed by atoms with E-state index in [-0.39, 0.29) is 6.61 Å². The molecular weight excluding hydrogens is 192 g/mol. The molecule has 0 aromatic rings. The second-order valence-electron chi connectivity index (χ2n) is 2.00. The van der Waals surface area contributed by atoms with Crippen molar-refractivity contribution < 1.29 is 16.3 Å². The molecule has 0 saturated carbocycles. The monoisotopic (exact) mass is 202 g/mol. The largest absolute Gasteiger partial charge is 0.416 e. The zero-order valence-electron chi connectivity index (χ0n) is 6.25. The van der Waals surface area contributed by atoms with Crippen LogP contribution < -0.4 is 0 Å². The summed E-state index contributed by atoms with van der Waals surface area (Å²) in [6.45, 7) is 2.13. The Labute approximate surface area is 71.9 Å². The topological polar surface area (TPSA) is 52.6 Å². The lowest BCUT2D eigenvalue weighted by Gasteiger charge is -1.99. The third-order valence-corrected chi connectivity index (χ3v) is 2.13. The van der Waals surface area contributed by atoms with Crippen LogP contribution in [0.25, 0.3) is 0 Å². The molecule has 0 atom stereocenters. The Balaban J connectivity index is 3.39. The van der Waals surface area contributed by atoms with E-state index in [1.54, 1.807) is 0 Å². The molecule has 0 aliphatic rings. The molecule has 0 aliphatic carbocycles. The molecular formula is C5H11ClO4S. The summed E-state index contributed by atoms with van der Waals surface area (Å²) in [5, 5.41) is 0. The summed E-state index contributed by atoms with van der Waals surface area (Å²) in [7, 11) is -3.93. The van der Waals surface area contributed by atoms with E-state index < -0.39 is 10.4 Å². The SMILES string of the molecule is CCCCCOS(=O)(=O)OCl. The lowest BCUT2D eigenvalue weighted by molar-refractivity contribution is 0.271. The number of hydrogen-bond donors (Lipinski definition) is 0. The Morgan fingerprint density at radius 1 is 1.36 bits per heavy atom. The van der Waals surface area contributed by atoms with Crippen LogP contribution in [0.5, 0.6) is 0 Å². The first-order valence-corrected chi connectivity index (χ1v) is 4.96. The van der Waals surface area contributed by atoms with Gasteiger partial charge in [0.25, 0.3) is 0 Å². The van der Waals surface area contributed by atoms with Crippen molar-refractivity contribution in [2.24, 2.45) is 0 Å². The van der Waals surface area contributed by atoms with Crippen molar-refractivity contribution in [1.82, 2.24) is 0 Å². The van der Waals surface area contributed by atoms with E-state index in [9.17, 15) is 8.42 Å². The number of hydrogen-bond acceptors (Lipinski definition) is 4. The second kappa shape index (κ2) is 5.77. The normalized spacial score (nSPS) is 11.8. The molecule has 11 heavy (non-hydrogen) atoms. The van der Waals surface area contributed by atoms with E-state index >= 15 is 0 Å². The average Bonchev–Trinajstić information content (AvgIpc) is 1.99. The first kappa shape index (κ1) is 11.2. The van der Waals surface area contributed by atoms with Gasteiger partial charge in [-0.05, 0) is 6.42 Å². The minimum atomic E-state index is -3.93. The van der Waals surface area contributed by atoms with Gasteiger partial charge in [-0.1, -0.05) is 19.8 Å². The first-order valence-electron chi connectivity index (χ1n) is 3.32. The molecule has 68 valence electrons. The van der Waals surface area contributed by atoms with Gasteiger partial charge in [0.15, 0.2) is 0 Å². The van der Waals surface area contributed by atoms with Crippen molar-refractivity contribution in [3.8, 4) is 0 Å². The van der Waals surface area contributed by atoms with Crippen molar-refractivity contribution in [2.45, 2.75) is 26.2 Å². The van der Waals surface area contributed by atoms with Gasteiger partial charge in [0.05, 0.1) is 18.5 Å². The molecule has 0 rings (SSSR count). The molecule has 0 unspecified atom stereocenters. The van der Waals surface area contributed by atoms with E-state index in [1.807, 2.05) is 6.92 Å². The van der Waals surface area contributed by atoms with E-state index in [0.29, 0.717) is 6.42 Å². The maximum atomic E-state index is 10.4. The van der Waals surface area contributed by atoms with Crippen LogP contribution in [0.15, 0.2) is 0 Å². The van der Waals surface area contributed by atoms with Gasteiger partial charge in [0, 0.05) is 0 Å². The van der Waals surface area contributed by atoms with E-state index in [1.165, 1.54) is 0 Å². The summed E-state index contributed by atoms with van der Waals surface area (Å²) in [6, 6.07) is 0. The highest BCUT2D eigenvalue weighted by atomic mass is 35.5. The van der Waals surface area contributed by atoms with Gasteiger partial charge in [-0.15, -0.1) is 3.74 Å². The maximum absolute atomic E-state index is 10.4. The van der Waals surface area contributed by atoms with Gasteiger partial charge in [-0.25, -0.2) is 4.18 Å². The molecule has 0 heterocycles. The van der Waals surface area contributed by atoms with Gasteiger partial charge in [-0.2, -0.15) is 8.42 Å². The van der Waals surface area contributed by atoms with Crippen LogP contribution in [-0.4, -0.2) is 15.0 Å². The third kappa shape index (κ3) is 6.55. The fourth-order valence-corrected chi connectivity index (χ4v) is 0.999. The summed E-state index contributed by atoms with van der Waals surface area (Å²) in [4.78, 5) is 0. The molecule has 0 aromatic carbocycles. The number of rotatable bonds is 6. The van der Waals surface area contributed by atoms with Gasteiger partial charge < -0.3 is 0 Å². The molecule has 0 amide bonds. The number of unbranched alkanes of at least 4 members (excludes halogenated alkanes) is 2. The highest BCUT2D eigenvalue weighted by molar-refractivity contribution is 7.82. The third-order valence-electron chi connectivity index (χ3n) is 1.05. The van der Waals surface area contributed by atoms with Crippen molar-refractivity contribution in [3.05, 3.63) is 0 Å². The van der Waals surface area contributed by atoms with Crippen molar-refractivity contribution in [2.75, 3.05) is 6.61 Å². The van der Waals surface area contributed by atoms with Crippen LogP contribution in [0.2, 0.25) is 0 Å². The maximum Gasteiger partial charge on any atom is 0.416 e. The van der Waals surface area contributed by atoms with Gasteiger partial charge in [0.1, 0.15) is 0 Å². The Morgan fingerprint density at radius 2 is 2.00 bits per heavy atom. The quantitative estimate of drug-likeness (QED) is 0.614. The van der Waals surface area contributed by atoms with Crippen molar-refractivity contribution in [1.29, 1.82) is 0 Å². The molecule has 4 nitrogen and oxygen atoms in total. The van der Waals surface area contributed by atoms with Gasteiger partial charge >= 0.3 is 10.4 Å². The lowest BCUT2D eigenvalue weighted by Crippen LogP contribution is -2.05. The molecule has 0 N–H and O–H groups in total. The predicted molar refractivity (Wildman–Crippen MR) is 41.3 cm³/mol. The van der Waals surface area contributed by atoms with Crippen molar-refractivity contribution in [3.63, 3.8) is 0 Å². The fraction of sp³-hybridized carbons (Fsp3) is 1.00. The molecule has 0 bridgehead atoms. The van der Waals surface area contributed by atoms with Crippen LogP contribution in [-0.2, 0) is 18.3 Å². The Morgan fingerprint density at radius 3 is 2.45 bits per heavy atom. The van der Waals surface area contributed by atoms with Gasteiger partial charge in [-0.3, -0.25) is 0 Å². The Hall–Kier alpha value is 0.160. The summed E-state index contributed by atoms with van der Waals surface area (Å²) in [6.07, 6.45) is 2.62. The van der Waals surface area contributed by atoms with Gasteiger partial charge in [0.2, 0.25) is 0 Å². The first-order chi connectivity index (χ1) is 5.12. The molecule has 0 aromatic heterocycles. The lowest BCUT2D eigenvalue weighted by atomic mass is 10.3. The Bertz CT molecular complexity index is 177. The summed E-state index contributed by atoms with van der Waals surface area (Å²) in [5.41, 5.74) is 0. The van der Waals surface area contributed by atoms with Crippen LogP contribution in [0.3, 0.4) is 0 Å². The van der Waals surface area contributed by atoms with E-state index in [2.05, 4.69) is 19.8 Å². The molecule has 0 fully saturated rings. The minimum absolute atomic E-state index is 0.128. The molecule has 0 radical (unpaired) electrons. The average molecular weight is 203 g/mol. The Kier molecular flexibility index (Phi) is 5.85.